The molecule has 6 heteroatoms. The molecule has 0 aliphatic rings. The summed E-state index contributed by atoms with van der Waals surface area (Å²) in [6.07, 6.45) is -0.0582. The zero-order valence-corrected chi connectivity index (χ0v) is 8.17. The Morgan fingerprint density at radius 3 is 2.60 bits per heavy atom. The predicted molar refractivity (Wildman–Crippen MR) is 53.9 cm³/mol. The summed E-state index contributed by atoms with van der Waals surface area (Å²) in [5, 5.41) is 29.8. The number of anilines is 1. The van der Waals surface area contributed by atoms with Crippen LogP contribution >= 0.6 is 0 Å². The summed E-state index contributed by atoms with van der Waals surface area (Å²) in [4.78, 5) is 9.99. The molecular formula is C9H12N2O4. The molecule has 0 heterocycles. The van der Waals surface area contributed by atoms with E-state index in [1.807, 2.05) is 0 Å². The largest absolute Gasteiger partial charge is 0.393 e. The van der Waals surface area contributed by atoms with Crippen LogP contribution in [0.2, 0.25) is 0 Å². The summed E-state index contributed by atoms with van der Waals surface area (Å²) in [6, 6.07) is 4.06. The van der Waals surface area contributed by atoms with Gasteiger partial charge in [-0.1, -0.05) is 13.0 Å². The number of nitrogens with two attached hydrogens (primary N) is 1. The van der Waals surface area contributed by atoms with E-state index in [1.165, 1.54) is 25.1 Å². The number of nitrogens with zero attached hydrogens (tertiary/aromatic N) is 1. The van der Waals surface area contributed by atoms with Crippen LogP contribution in [-0.4, -0.2) is 15.1 Å². The zero-order valence-electron chi connectivity index (χ0n) is 8.17. The molecule has 0 radical (unpaired) electrons. The second kappa shape index (κ2) is 3.84. The van der Waals surface area contributed by atoms with Gasteiger partial charge in [-0.25, -0.2) is 0 Å². The molecule has 1 aromatic rings. The summed E-state index contributed by atoms with van der Waals surface area (Å²) >= 11 is 0. The quantitative estimate of drug-likeness (QED) is 0.296. The number of rotatable bonds is 3. The standard InChI is InChI=1S/C9H12N2O4/c1-2-9(12,13)6-4-3-5-7(10)8(6)11(14)15/h3-5,12-13H,2,10H2,1H3. The summed E-state index contributed by atoms with van der Waals surface area (Å²) in [6.45, 7) is 1.51. The van der Waals surface area contributed by atoms with Gasteiger partial charge in [-0.15, -0.1) is 0 Å². The van der Waals surface area contributed by atoms with Crippen LogP contribution in [0.5, 0.6) is 0 Å². The number of aliphatic hydroxyl groups is 2. The van der Waals surface area contributed by atoms with Crippen molar-refractivity contribution in [2.75, 3.05) is 5.73 Å². The third-order valence-corrected chi connectivity index (χ3v) is 2.17. The maximum atomic E-state index is 10.7. The van der Waals surface area contributed by atoms with Crippen LogP contribution < -0.4 is 5.73 Å². The van der Waals surface area contributed by atoms with Crippen LogP contribution in [-0.2, 0) is 5.79 Å². The van der Waals surface area contributed by atoms with Crippen molar-refractivity contribution in [2.45, 2.75) is 19.1 Å². The third kappa shape index (κ3) is 2.05. The Bertz CT molecular complexity index is 390. The van der Waals surface area contributed by atoms with Crippen molar-refractivity contribution in [3.05, 3.63) is 33.9 Å². The fraction of sp³-hybridized carbons (Fsp3) is 0.333. The van der Waals surface area contributed by atoms with E-state index < -0.39 is 16.4 Å². The average Bonchev–Trinajstić information content (AvgIpc) is 2.16. The molecule has 0 atom stereocenters. The first-order valence-electron chi connectivity index (χ1n) is 4.38. The van der Waals surface area contributed by atoms with Gasteiger partial charge < -0.3 is 15.9 Å². The van der Waals surface area contributed by atoms with Gasteiger partial charge in [0, 0.05) is 6.42 Å². The Kier molecular flexibility index (Phi) is 2.92. The van der Waals surface area contributed by atoms with Crippen molar-refractivity contribution in [3.8, 4) is 0 Å². The lowest BCUT2D eigenvalue weighted by Gasteiger charge is -2.20. The lowest BCUT2D eigenvalue weighted by molar-refractivity contribution is -0.387. The van der Waals surface area contributed by atoms with Crippen LogP contribution in [0.3, 0.4) is 0 Å². The normalized spacial score (nSPS) is 11.4. The summed E-state index contributed by atoms with van der Waals surface area (Å²) in [5.41, 5.74) is 4.69. The maximum absolute atomic E-state index is 10.7. The van der Waals surface area contributed by atoms with E-state index in [9.17, 15) is 20.3 Å². The number of nitro groups is 1. The molecule has 0 fully saturated rings. The molecule has 0 aliphatic carbocycles. The van der Waals surface area contributed by atoms with Gasteiger partial charge >= 0.3 is 5.69 Å². The van der Waals surface area contributed by atoms with E-state index >= 15 is 0 Å². The Morgan fingerprint density at radius 2 is 2.13 bits per heavy atom. The number of benzene rings is 1. The maximum Gasteiger partial charge on any atom is 0.300 e. The van der Waals surface area contributed by atoms with Crippen molar-refractivity contribution >= 4 is 11.4 Å². The zero-order chi connectivity index (χ0) is 11.6. The first-order valence-corrected chi connectivity index (χ1v) is 4.38. The molecule has 6 nitrogen and oxygen atoms in total. The highest BCUT2D eigenvalue weighted by Crippen LogP contribution is 2.34. The van der Waals surface area contributed by atoms with Crippen LogP contribution in [0.25, 0.3) is 0 Å². The van der Waals surface area contributed by atoms with E-state index in [2.05, 4.69) is 0 Å². The minimum absolute atomic E-state index is 0.0582. The summed E-state index contributed by atoms with van der Waals surface area (Å²) < 4.78 is 0. The minimum atomic E-state index is -2.22. The van der Waals surface area contributed by atoms with Gasteiger partial charge in [0.1, 0.15) is 5.69 Å². The van der Waals surface area contributed by atoms with E-state index in [4.69, 9.17) is 5.73 Å². The van der Waals surface area contributed by atoms with Crippen molar-refractivity contribution in [2.24, 2.45) is 0 Å². The first-order chi connectivity index (χ1) is 6.90. The molecule has 0 saturated heterocycles. The Labute approximate surface area is 86.1 Å². The number of nitrogen functional groups attached to an aromatic ring is 1. The van der Waals surface area contributed by atoms with Gasteiger partial charge in [-0.05, 0) is 12.1 Å². The topological polar surface area (TPSA) is 110 Å². The van der Waals surface area contributed by atoms with E-state index in [0.29, 0.717) is 0 Å². The molecule has 0 spiro atoms. The number of nitro benzene ring substituents is 1. The third-order valence-electron chi connectivity index (χ3n) is 2.17. The van der Waals surface area contributed by atoms with Gasteiger partial charge in [-0.2, -0.15) is 0 Å². The van der Waals surface area contributed by atoms with Crippen LogP contribution in [0.4, 0.5) is 11.4 Å². The van der Waals surface area contributed by atoms with E-state index in [-0.39, 0.29) is 17.7 Å². The smallest absolute Gasteiger partial charge is 0.300 e. The Balaban J connectivity index is 3.42. The molecule has 0 aromatic heterocycles. The fourth-order valence-corrected chi connectivity index (χ4v) is 1.28. The molecular weight excluding hydrogens is 200 g/mol. The molecule has 15 heavy (non-hydrogen) atoms. The van der Waals surface area contributed by atoms with Gasteiger partial charge in [0.25, 0.3) is 0 Å². The van der Waals surface area contributed by atoms with Gasteiger partial charge in [0.2, 0.25) is 0 Å². The highest BCUT2D eigenvalue weighted by molar-refractivity contribution is 5.63. The highest BCUT2D eigenvalue weighted by atomic mass is 16.6. The van der Waals surface area contributed by atoms with Gasteiger partial charge in [-0.3, -0.25) is 10.1 Å². The molecule has 1 aromatic carbocycles. The van der Waals surface area contributed by atoms with Crippen molar-refractivity contribution < 1.29 is 15.1 Å². The van der Waals surface area contributed by atoms with Crippen molar-refractivity contribution in [3.63, 3.8) is 0 Å². The monoisotopic (exact) mass is 212 g/mol. The minimum Gasteiger partial charge on any atom is -0.393 e. The second-order valence-corrected chi connectivity index (χ2v) is 3.17. The van der Waals surface area contributed by atoms with Crippen molar-refractivity contribution in [1.29, 1.82) is 0 Å². The summed E-state index contributed by atoms with van der Waals surface area (Å²) in [5.74, 6) is -2.22. The molecule has 0 unspecified atom stereocenters. The van der Waals surface area contributed by atoms with Gasteiger partial charge in [0.05, 0.1) is 10.5 Å². The molecule has 0 aliphatic heterocycles. The Hall–Kier alpha value is -1.66. The summed E-state index contributed by atoms with van der Waals surface area (Å²) in [7, 11) is 0. The Morgan fingerprint density at radius 1 is 1.53 bits per heavy atom. The van der Waals surface area contributed by atoms with Crippen molar-refractivity contribution in [1.82, 2.24) is 0 Å². The van der Waals surface area contributed by atoms with E-state index in [1.54, 1.807) is 0 Å². The number of para-hydroxylation sites is 1. The number of hydrogen-bond donors (Lipinski definition) is 3. The molecule has 4 N–H and O–H groups in total. The molecule has 0 amide bonds. The molecule has 0 saturated carbocycles. The predicted octanol–water partition coefficient (Wildman–Crippen LogP) is 0.724. The van der Waals surface area contributed by atoms with Crippen LogP contribution in [0.1, 0.15) is 18.9 Å². The van der Waals surface area contributed by atoms with E-state index in [0.717, 1.165) is 0 Å². The van der Waals surface area contributed by atoms with Crippen LogP contribution in [0.15, 0.2) is 18.2 Å². The number of hydrogen-bond acceptors (Lipinski definition) is 5. The lowest BCUT2D eigenvalue weighted by atomic mass is 10.0. The first kappa shape index (κ1) is 11.4. The molecule has 0 bridgehead atoms. The molecule has 1 rings (SSSR count). The molecule has 82 valence electrons. The van der Waals surface area contributed by atoms with Crippen LogP contribution in [0, 0.1) is 10.1 Å². The van der Waals surface area contributed by atoms with Gasteiger partial charge in [0.15, 0.2) is 5.79 Å². The fourth-order valence-electron chi connectivity index (χ4n) is 1.28. The lowest BCUT2D eigenvalue weighted by Crippen LogP contribution is -2.25. The SMILES string of the molecule is CCC(O)(O)c1cccc(N)c1[N+](=O)[O-]. The second-order valence-electron chi connectivity index (χ2n) is 3.17. The average molecular weight is 212 g/mol. The highest BCUT2D eigenvalue weighted by Gasteiger charge is 2.33.